The van der Waals surface area contributed by atoms with E-state index in [0.29, 0.717) is 17.8 Å². The largest absolute Gasteiger partial charge is 0.329 e. The number of hydrogen-bond acceptors (Lipinski definition) is 3. The highest BCUT2D eigenvalue weighted by atomic mass is 16.2. The Morgan fingerprint density at radius 3 is 2.57 bits per heavy atom. The molecule has 1 aliphatic carbocycles. The first-order valence-electron chi connectivity index (χ1n) is 11.5. The number of aromatic nitrogens is 1. The SMILES string of the molecule is Cc1cccnc1C(=O)N1[C@@H](Cc2ccccc2)[C@@H]2C[C@@]3(C)[C@H](CCCC[C@@H]13)N2C. The summed E-state index contributed by atoms with van der Waals surface area (Å²) in [5, 5.41) is 0. The Labute approximate surface area is 180 Å². The molecule has 4 nitrogen and oxygen atoms in total. The van der Waals surface area contributed by atoms with E-state index in [2.05, 4.69) is 59.1 Å². The van der Waals surface area contributed by atoms with Gasteiger partial charge in [0.05, 0.1) is 6.04 Å². The molecule has 2 saturated heterocycles. The van der Waals surface area contributed by atoms with Crippen LogP contribution in [0, 0.1) is 12.3 Å². The van der Waals surface area contributed by atoms with Crippen LogP contribution in [0.1, 0.15) is 60.6 Å². The zero-order chi connectivity index (χ0) is 20.9. The van der Waals surface area contributed by atoms with Gasteiger partial charge >= 0.3 is 0 Å². The van der Waals surface area contributed by atoms with Gasteiger partial charge in [0.2, 0.25) is 0 Å². The van der Waals surface area contributed by atoms with Crippen molar-refractivity contribution in [1.29, 1.82) is 0 Å². The van der Waals surface area contributed by atoms with Crippen molar-refractivity contribution < 1.29 is 4.79 Å². The molecule has 2 bridgehead atoms. The minimum atomic E-state index is 0.130. The Hall–Kier alpha value is -2.20. The maximum atomic E-state index is 14.0. The molecule has 30 heavy (non-hydrogen) atoms. The molecular formula is C26H33N3O. The number of benzene rings is 1. The van der Waals surface area contributed by atoms with Gasteiger partial charge in [-0.05, 0) is 56.8 Å². The number of amides is 1. The molecule has 2 aromatic rings. The molecule has 5 rings (SSSR count). The third kappa shape index (κ3) is 2.99. The van der Waals surface area contributed by atoms with Gasteiger partial charge in [-0.2, -0.15) is 0 Å². The van der Waals surface area contributed by atoms with Gasteiger partial charge in [0.15, 0.2) is 0 Å². The van der Waals surface area contributed by atoms with E-state index in [9.17, 15) is 4.79 Å². The number of likely N-dealkylation sites (tertiary alicyclic amines) is 2. The molecule has 0 N–H and O–H groups in total. The molecule has 2 aliphatic heterocycles. The summed E-state index contributed by atoms with van der Waals surface area (Å²) in [4.78, 5) is 23.5. The van der Waals surface area contributed by atoms with Crippen LogP contribution in [0.15, 0.2) is 48.7 Å². The average molecular weight is 404 g/mol. The Balaban J connectivity index is 1.61. The maximum Gasteiger partial charge on any atom is 0.273 e. The zero-order valence-electron chi connectivity index (χ0n) is 18.4. The number of fused-ring (bicyclic) bond motifs is 1. The number of nitrogens with zero attached hydrogens (tertiary/aromatic N) is 3. The maximum absolute atomic E-state index is 14.0. The molecule has 3 fully saturated rings. The van der Waals surface area contributed by atoms with Gasteiger partial charge in [-0.15, -0.1) is 0 Å². The van der Waals surface area contributed by atoms with E-state index in [1.54, 1.807) is 6.20 Å². The molecule has 1 aromatic carbocycles. The lowest BCUT2D eigenvalue weighted by molar-refractivity contribution is 0.00160. The molecule has 1 amide bonds. The number of rotatable bonds is 3. The van der Waals surface area contributed by atoms with Crippen LogP contribution in [0.5, 0.6) is 0 Å². The van der Waals surface area contributed by atoms with Crippen LogP contribution in [-0.4, -0.2) is 51.9 Å². The van der Waals surface area contributed by atoms with Crippen LogP contribution in [-0.2, 0) is 6.42 Å². The van der Waals surface area contributed by atoms with E-state index in [0.717, 1.165) is 18.4 Å². The fraction of sp³-hybridized carbons (Fsp3) is 0.538. The number of aryl methyl sites for hydroxylation is 1. The van der Waals surface area contributed by atoms with E-state index >= 15 is 0 Å². The molecule has 0 unspecified atom stereocenters. The fourth-order valence-electron chi connectivity index (χ4n) is 6.82. The highest BCUT2D eigenvalue weighted by Crippen LogP contribution is 2.55. The van der Waals surface area contributed by atoms with Crippen molar-refractivity contribution in [1.82, 2.24) is 14.8 Å². The summed E-state index contributed by atoms with van der Waals surface area (Å²) in [5.41, 5.74) is 3.09. The molecule has 158 valence electrons. The summed E-state index contributed by atoms with van der Waals surface area (Å²) in [6.07, 6.45) is 8.70. The molecule has 3 aliphatic rings. The molecule has 5 atom stereocenters. The topological polar surface area (TPSA) is 36.4 Å². The highest BCUT2D eigenvalue weighted by Gasteiger charge is 2.61. The standard InChI is InChI=1S/C26H33N3O/c1-18-10-9-15-27-24(18)25(30)29-20(16-19-11-5-4-6-12-19)21-17-26(2)22(28(21)3)13-7-8-14-23(26)29/h4-6,9-12,15,20-23H,7-8,13-14,16-17H2,1-3H3/t20-,21-,22-,23+,26-/m0/s1. The van der Waals surface area contributed by atoms with E-state index in [-0.39, 0.29) is 23.4 Å². The first-order chi connectivity index (χ1) is 14.5. The number of piperidine rings is 1. The average Bonchev–Trinajstić information content (AvgIpc) is 2.86. The molecule has 1 aromatic heterocycles. The quantitative estimate of drug-likeness (QED) is 0.758. The van der Waals surface area contributed by atoms with E-state index in [4.69, 9.17) is 0 Å². The van der Waals surface area contributed by atoms with Crippen molar-refractivity contribution in [3.05, 3.63) is 65.5 Å². The minimum absolute atomic E-state index is 0.130. The molecule has 3 heterocycles. The van der Waals surface area contributed by atoms with Gasteiger partial charge in [0.25, 0.3) is 5.91 Å². The normalized spacial score (nSPS) is 33.4. The number of pyridine rings is 1. The van der Waals surface area contributed by atoms with Gasteiger partial charge in [-0.3, -0.25) is 14.7 Å². The lowest BCUT2D eigenvalue weighted by Gasteiger charge is -2.51. The summed E-state index contributed by atoms with van der Waals surface area (Å²) in [7, 11) is 2.31. The highest BCUT2D eigenvalue weighted by molar-refractivity contribution is 5.94. The van der Waals surface area contributed by atoms with Crippen molar-refractivity contribution >= 4 is 5.91 Å². The summed E-state index contributed by atoms with van der Waals surface area (Å²) in [6.45, 7) is 4.46. The Morgan fingerprint density at radius 2 is 1.83 bits per heavy atom. The molecule has 1 saturated carbocycles. The second-order valence-electron chi connectivity index (χ2n) is 9.90. The number of carbonyl (C=O) groups excluding carboxylic acids is 1. The van der Waals surface area contributed by atoms with Crippen LogP contribution < -0.4 is 0 Å². The van der Waals surface area contributed by atoms with Gasteiger partial charge in [0, 0.05) is 29.7 Å². The third-order valence-corrected chi connectivity index (χ3v) is 8.26. The minimum Gasteiger partial charge on any atom is -0.329 e. The van der Waals surface area contributed by atoms with Crippen molar-refractivity contribution in [3.63, 3.8) is 0 Å². The Bertz CT molecular complexity index is 929. The van der Waals surface area contributed by atoms with Crippen molar-refractivity contribution in [2.24, 2.45) is 5.41 Å². The smallest absolute Gasteiger partial charge is 0.273 e. The Kier molecular flexibility index (Phi) is 4.93. The van der Waals surface area contributed by atoms with Crippen LogP contribution >= 0.6 is 0 Å². The predicted molar refractivity (Wildman–Crippen MR) is 119 cm³/mol. The lowest BCUT2D eigenvalue weighted by Crippen LogP contribution is -2.61. The van der Waals surface area contributed by atoms with E-state index in [1.807, 2.05) is 19.1 Å². The van der Waals surface area contributed by atoms with E-state index in [1.165, 1.54) is 31.2 Å². The van der Waals surface area contributed by atoms with Crippen LogP contribution in [0.2, 0.25) is 0 Å². The lowest BCUT2D eigenvalue weighted by atomic mass is 9.69. The Morgan fingerprint density at radius 1 is 1.10 bits per heavy atom. The summed E-state index contributed by atoms with van der Waals surface area (Å²) in [5.74, 6) is 0.130. The first kappa shape index (κ1) is 19.7. The van der Waals surface area contributed by atoms with Crippen LogP contribution in [0.25, 0.3) is 0 Å². The van der Waals surface area contributed by atoms with Crippen molar-refractivity contribution in [2.75, 3.05) is 7.05 Å². The fourth-order valence-corrected chi connectivity index (χ4v) is 6.82. The van der Waals surface area contributed by atoms with Gasteiger partial charge < -0.3 is 4.90 Å². The summed E-state index contributed by atoms with van der Waals surface area (Å²) in [6, 6.07) is 16.1. The second-order valence-corrected chi connectivity index (χ2v) is 9.90. The number of hydrogen-bond donors (Lipinski definition) is 0. The van der Waals surface area contributed by atoms with Crippen molar-refractivity contribution in [3.8, 4) is 0 Å². The summed E-state index contributed by atoms with van der Waals surface area (Å²) >= 11 is 0. The monoisotopic (exact) mass is 403 g/mol. The molecular weight excluding hydrogens is 370 g/mol. The van der Waals surface area contributed by atoms with Crippen molar-refractivity contribution in [2.45, 2.75) is 76.5 Å². The number of likely N-dealkylation sites (N-methyl/N-ethyl adjacent to an activating group) is 1. The van der Waals surface area contributed by atoms with Crippen LogP contribution in [0.4, 0.5) is 0 Å². The summed E-state index contributed by atoms with van der Waals surface area (Å²) < 4.78 is 0. The molecule has 0 spiro atoms. The predicted octanol–water partition coefficient (Wildman–Crippen LogP) is 4.48. The molecule has 0 radical (unpaired) electrons. The second kappa shape index (κ2) is 7.49. The van der Waals surface area contributed by atoms with Crippen LogP contribution in [0.3, 0.4) is 0 Å². The number of carbonyl (C=O) groups is 1. The molecule has 4 heteroatoms. The zero-order valence-corrected chi connectivity index (χ0v) is 18.4. The van der Waals surface area contributed by atoms with E-state index < -0.39 is 0 Å². The van der Waals surface area contributed by atoms with Gasteiger partial charge in [-0.1, -0.05) is 56.2 Å². The van der Waals surface area contributed by atoms with Gasteiger partial charge in [-0.25, -0.2) is 0 Å². The first-order valence-corrected chi connectivity index (χ1v) is 11.5. The third-order valence-electron chi connectivity index (χ3n) is 8.26. The van der Waals surface area contributed by atoms with Gasteiger partial charge in [0.1, 0.15) is 5.69 Å².